The molecular formula is C15H21N5O. The van der Waals surface area contributed by atoms with Gasteiger partial charge in [0.05, 0.1) is 18.9 Å². The number of morpholine rings is 1. The van der Waals surface area contributed by atoms with Gasteiger partial charge in [0.1, 0.15) is 12.7 Å². The van der Waals surface area contributed by atoms with Crippen LogP contribution in [0.2, 0.25) is 0 Å². The van der Waals surface area contributed by atoms with E-state index >= 15 is 0 Å². The average molecular weight is 287 g/mol. The Morgan fingerprint density at radius 1 is 1.24 bits per heavy atom. The minimum absolute atomic E-state index is 0.748. The summed E-state index contributed by atoms with van der Waals surface area (Å²) in [5, 5.41) is 4.21. The van der Waals surface area contributed by atoms with Gasteiger partial charge < -0.3 is 10.5 Å². The van der Waals surface area contributed by atoms with Crippen molar-refractivity contribution in [1.29, 1.82) is 0 Å². The Hall–Kier alpha value is -1.92. The van der Waals surface area contributed by atoms with Crippen LogP contribution in [0, 0.1) is 0 Å². The molecule has 0 saturated carbocycles. The standard InChI is InChI=1S/C15H21N5O/c16-14-4-3-13(15(10-14)20-12-17-11-18-20)2-1-5-19-6-8-21-9-7-19/h3-4,10-12H,1-2,5-9,16H2. The van der Waals surface area contributed by atoms with Crippen LogP contribution in [0.5, 0.6) is 0 Å². The fourth-order valence-corrected chi connectivity index (χ4v) is 2.66. The highest BCUT2D eigenvalue weighted by Gasteiger charge is 2.11. The molecule has 1 aliphatic heterocycles. The molecule has 0 spiro atoms. The van der Waals surface area contributed by atoms with E-state index in [0.29, 0.717) is 0 Å². The van der Waals surface area contributed by atoms with E-state index in [2.05, 4.69) is 21.0 Å². The SMILES string of the molecule is Nc1ccc(CCCN2CCOCC2)c(-n2cncn2)c1. The minimum atomic E-state index is 0.748. The Balaban J connectivity index is 1.64. The second-order valence-electron chi connectivity index (χ2n) is 5.29. The summed E-state index contributed by atoms with van der Waals surface area (Å²) >= 11 is 0. The normalized spacial score (nSPS) is 16.2. The van der Waals surface area contributed by atoms with Crippen LogP contribution < -0.4 is 5.73 Å². The van der Waals surface area contributed by atoms with Gasteiger partial charge in [-0.15, -0.1) is 0 Å². The molecule has 1 aromatic heterocycles. The van der Waals surface area contributed by atoms with E-state index in [1.165, 1.54) is 5.56 Å². The molecule has 1 aliphatic rings. The Labute approximate surface area is 124 Å². The summed E-state index contributed by atoms with van der Waals surface area (Å²) < 4.78 is 7.15. The van der Waals surface area contributed by atoms with Crippen molar-refractivity contribution in [1.82, 2.24) is 19.7 Å². The van der Waals surface area contributed by atoms with Gasteiger partial charge in [-0.05, 0) is 37.1 Å². The number of hydrogen-bond acceptors (Lipinski definition) is 5. The van der Waals surface area contributed by atoms with Gasteiger partial charge in [-0.2, -0.15) is 5.10 Å². The highest BCUT2D eigenvalue weighted by molar-refractivity contribution is 5.52. The molecule has 0 atom stereocenters. The van der Waals surface area contributed by atoms with Crippen molar-refractivity contribution in [2.75, 3.05) is 38.6 Å². The third-order valence-corrected chi connectivity index (χ3v) is 3.80. The zero-order valence-electron chi connectivity index (χ0n) is 12.1. The van der Waals surface area contributed by atoms with E-state index in [0.717, 1.165) is 57.1 Å². The van der Waals surface area contributed by atoms with Crippen molar-refractivity contribution < 1.29 is 4.74 Å². The number of nitrogen functional groups attached to an aromatic ring is 1. The summed E-state index contributed by atoms with van der Waals surface area (Å²) in [5.74, 6) is 0. The maximum Gasteiger partial charge on any atom is 0.138 e. The zero-order chi connectivity index (χ0) is 14.5. The van der Waals surface area contributed by atoms with Crippen LogP contribution in [-0.2, 0) is 11.2 Å². The van der Waals surface area contributed by atoms with Gasteiger partial charge in [0, 0.05) is 18.8 Å². The van der Waals surface area contributed by atoms with Crippen LogP contribution in [-0.4, -0.2) is 52.5 Å². The average Bonchev–Trinajstić information content (AvgIpc) is 3.04. The van der Waals surface area contributed by atoms with Crippen LogP contribution >= 0.6 is 0 Å². The number of benzene rings is 1. The molecule has 0 unspecified atom stereocenters. The Bertz CT molecular complexity index is 563. The summed E-state index contributed by atoms with van der Waals surface area (Å²) in [6.45, 7) is 4.89. The van der Waals surface area contributed by atoms with Gasteiger partial charge in [-0.25, -0.2) is 9.67 Å². The molecule has 0 aliphatic carbocycles. The van der Waals surface area contributed by atoms with Crippen LogP contribution in [0.15, 0.2) is 30.9 Å². The number of anilines is 1. The molecule has 1 aromatic carbocycles. The first kappa shape index (κ1) is 14.0. The van der Waals surface area contributed by atoms with Crippen LogP contribution in [0.4, 0.5) is 5.69 Å². The lowest BCUT2D eigenvalue weighted by Crippen LogP contribution is -2.36. The molecule has 6 nitrogen and oxygen atoms in total. The second-order valence-corrected chi connectivity index (χ2v) is 5.29. The molecule has 2 aromatic rings. The molecule has 112 valence electrons. The van der Waals surface area contributed by atoms with Gasteiger partial charge in [0.25, 0.3) is 0 Å². The van der Waals surface area contributed by atoms with Gasteiger partial charge in [0.2, 0.25) is 0 Å². The highest BCUT2D eigenvalue weighted by Crippen LogP contribution is 2.19. The molecule has 2 N–H and O–H groups in total. The lowest BCUT2D eigenvalue weighted by atomic mass is 10.1. The highest BCUT2D eigenvalue weighted by atomic mass is 16.5. The fourth-order valence-electron chi connectivity index (χ4n) is 2.66. The topological polar surface area (TPSA) is 69.2 Å². The summed E-state index contributed by atoms with van der Waals surface area (Å²) in [6, 6.07) is 5.99. The van der Waals surface area contributed by atoms with E-state index in [1.54, 1.807) is 17.3 Å². The Kier molecular flexibility index (Phi) is 4.47. The largest absolute Gasteiger partial charge is 0.399 e. The van der Waals surface area contributed by atoms with Crippen molar-refractivity contribution in [2.24, 2.45) is 0 Å². The number of aryl methyl sites for hydroxylation is 1. The number of hydrogen-bond donors (Lipinski definition) is 1. The molecule has 1 fully saturated rings. The lowest BCUT2D eigenvalue weighted by molar-refractivity contribution is 0.0374. The molecule has 2 heterocycles. The van der Waals surface area contributed by atoms with Crippen molar-refractivity contribution in [3.63, 3.8) is 0 Å². The molecular weight excluding hydrogens is 266 g/mol. The smallest absolute Gasteiger partial charge is 0.138 e. The maximum absolute atomic E-state index is 5.90. The van der Waals surface area contributed by atoms with E-state index < -0.39 is 0 Å². The first-order valence-electron chi connectivity index (χ1n) is 7.36. The Morgan fingerprint density at radius 3 is 2.86 bits per heavy atom. The van der Waals surface area contributed by atoms with Crippen molar-refractivity contribution >= 4 is 5.69 Å². The third-order valence-electron chi connectivity index (χ3n) is 3.80. The van der Waals surface area contributed by atoms with E-state index in [9.17, 15) is 0 Å². The summed E-state index contributed by atoms with van der Waals surface area (Å²) in [4.78, 5) is 6.47. The summed E-state index contributed by atoms with van der Waals surface area (Å²) in [7, 11) is 0. The number of aromatic nitrogens is 3. The van der Waals surface area contributed by atoms with Gasteiger partial charge in [-0.1, -0.05) is 6.07 Å². The Morgan fingerprint density at radius 2 is 2.10 bits per heavy atom. The van der Waals surface area contributed by atoms with Crippen LogP contribution in [0.1, 0.15) is 12.0 Å². The lowest BCUT2D eigenvalue weighted by Gasteiger charge is -2.26. The van der Waals surface area contributed by atoms with Gasteiger partial charge in [-0.3, -0.25) is 4.90 Å². The van der Waals surface area contributed by atoms with Gasteiger partial charge in [0.15, 0.2) is 0 Å². The first-order chi connectivity index (χ1) is 10.3. The van der Waals surface area contributed by atoms with E-state index in [4.69, 9.17) is 10.5 Å². The molecule has 0 bridgehead atoms. The number of nitrogens with two attached hydrogens (primary N) is 1. The van der Waals surface area contributed by atoms with Gasteiger partial charge >= 0.3 is 0 Å². The number of ether oxygens (including phenoxy) is 1. The predicted molar refractivity (Wildman–Crippen MR) is 81.4 cm³/mol. The quantitative estimate of drug-likeness (QED) is 0.834. The zero-order valence-corrected chi connectivity index (χ0v) is 12.1. The fraction of sp³-hybridized carbons (Fsp3) is 0.467. The van der Waals surface area contributed by atoms with Crippen LogP contribution in [0.25, 0.3) is 5.69 Å². The van der Waals surface area contributed by atoms with E-state index in [-0.39, 0.29) is 0 Å². The van der Waals surface area contributed by atoms with Crippen molar-refractivity contribution in [3.8, 4) is 5.69 Å². The number of rotatable bonds is 5. The second kappa shape index (κ2) is 6.69. The predicted octanol–water partition coefficient (Wildman–Crippen LogP) is 1.11. The molecule has 1 saturated heterocycles. The summed E-state index contributed by atoms with van der Waals surface area (Å²) in [5.41, 5.74) is 8.92. The van der Waals surface area contributed by atoms with E-state index in [1.807, 2.05) is 12.1 Å². The molecule has 0 amide bonds. The minimum Gasteiger partial charge on any atom is -0.399 e. The molecule has 0 radical (unpaired) electrons. The van der Waals surface area contributed by atoms with Crippen LogP contribution in [0.3, 0.4) is 0 Å². The molecule has 21 heavy (non-hydrogen) atoms. The third kappa shape index (κ3) is 3.59. The van der Waals surface area contributed by atoms with Crippen molar-refractivity contribution in [2.45, 2.75) is 12.8 Å². The van der Waals surface area contributed by atoms with Crippen molar-refractivity contribution in [3.05, 3.63) is 36.4 Å². The molecule has 3 rings (SSSR count). The maximum atomic E-state index is 5.90. The first-order valence-corrected chi connectivity index (χ1v) is 7.36. The molecule has 6 heteroatoms. The summed E-state index contributed by atoms with van der Waals surface area (Å²) in [6.07, 6.45) is 5.37. The monoisotopic (exact) mass is 287 g/mol. The number of nitrogens with zero attached hydrogens (tertiary/aromatic N) is 4.